The van der Waals surface area contributed by atoms with Crippen LogP contribution in [0.2, 0.25) is 0 Å². The van der Waals surface area contributed by atoms with Crippen molar-refractivity contribution < 1.29 is 0 Å². The molecule has 1 aliphatic carbocycles. The van der Waals surface area contributed by atoms with E-state index in [0.29, 0.717) is 6.04 Å². The van der Waals surface area contributed by atoms with Gasteiger partial charge >= 0.3 is 0 Å². The second-order valence-electron chi connectivity index (χ2n) is 5.89. The van der Waals surface area contributed by atoms with Gasteiger partial charge in [0.1, 0.15) is 0 Å². The SMILES string of the molecule is N#CC1CCCCC1N1CCc2ccccc2CC1. The Balaban J connectivity index is 1.73. The number of hydrogen-bond donors (Lipinski definition) is 0. The highest BCUT2D eigenvalue weighted by Crippen LogP contribution is 2.29. The smallest absolute Gasteiger partial charge is 0.0672 e. The van der Waals surface area contributed by atoms with Crippen LogP contribution in [-0.4, -0.2) is 24.0 Å². The van der Waals surface area contributed by atoms with E-state index >= 15 is 0 Å². The number of fused-ring (bicyclic) bond motifs is 1. The van der Waals surface area contributed by atoms with Crippen LogP contribution in [0.4, 0.5) is 0 Å². The summed E-state index contributed by atoms with van der Waals surface area (Å²) < 4.78 is 0. The lowest BCUT2D eigenvalue weighted by Crippen LogP contribution is -2.43. The Kier molecular flexibility index (Phi) is 3.84. The molecule has 0 bridgehead atoms. The summed E-state index contributed by atoms with van der Waals surface area (Å²) >= 11 is 0. The van der Waals surface area contributed by atoms with Gasteiger partial charge in [-0.1, -0.05) is 37.1 Å². The predicted octanol–water partition coefficient (Wildman–Crippen LogP) is 3.17. The third-order valence-electron chi connectivity index (χ3n) is 4.82. The summed E-state index contributed by atoms with van der Waals surface area (Å²) in [6.07, 6.45) is 7.14. The third-order valence-corrected chi connectivity index (χ3v) is 4.82. The van der Waals surface area contributed by atoms with E-state index in [1.165, 1.54) is 30.4 Å². The molecule has 19 heavy (non-hydrogen) atoms. The summed E-state index contributed by atoms with van der Waals surface area (Å²) in [6, 6.07) is 11.9. The van der Waals surface area contributed by atoms with Crippen LogP contribution in [0.15, 0.2) is 24.3 Å². The molecular formula is C17H22N2. The zero-order valence-corrected chi connectivity index (χ0v) is 11.5. The lowest BCUT2D eigenvalue weighted by atomic mass is 9.84. The Labute approximate surface area is 116 Å². The van der Waals surface area contributed by atoms with E-state index in [1.807, 2.05) is 0 Å². The number of nitriles is 1. The number of nitrogens with zero attached hydrogens (tertiary/aromatic N) is 2. The van der Waals surface area contributed by atoms with Crippen molar-refractivity contribution in [3.8, 4) is 6.07 Å². The summed E-state index contributed by atoms with van der Waals surface area (Å²) in [5, 5.41) is 9.36. The highest BCUT2D eigenvalue weighted by molar-refractivity contribution is 5.28. The van der Waals surface area contributed by atoms with Crippen LogP contribution in [0.5, 0.6) is 0 Å². The van der Waals surface area contributed by atoms with Gasteiger partial charge in [0.2, 0.25) is 0 Å². The van der Waals surface area contributed by atoms with E-state index in [2.05, 4.69) is 35.2 Å². The average molecular weight is 254 g/mol. The van der Waals surface area contributed by atoms with Gasteiger partial charge in [-0.05, 0) is 36.8 Å². The van der Waals surface area contributed by atoms with Gasteiger partial charge in [-0.25, -0.2) is 0 Å². The largest absolute Gasteiger partial charge is 0.298 e. The average Bonchev–Trinajstić information content (AvgIpc) is 2.70. The Morgan fingerprint density at radius 1 is 1.00 bits per heavy atom. The second-order valence-corrected chi connectivity index (χ2v) is 5.89. The van der Waals surface area contributed by atoms with Crippen molar-refractivity contribution in [3.05, 3.63) is 35.4 Å². The van der Waals surface area contributed by atoms with E-state index in [9.17, 15) is 5.26 Å². The van der Waals surface area contributed by atoms with Gasteiger partial charge < -0.3 is 0 Å². The summed E-state index contributed by atoms with van der Waals surface area (Å²) in [6.45, 7) is 2.25. The van der Waals surface area contributed by atoms with Gasteiger partial charge in [0, 0.05) is 19.1 Å². The van der Waals surface area contributed by atoms with Crippen molar-refractivity contribution in [1.82, 2.24) is 4.90 Å². The van der Waals surface area contributed by atoms with E-state index in [0.717, 1.165) is 32.4 Å². The molecule has 1 aromatic carbocycles. The molecule has 0 saturated heterocycles. The van der Waals surface area contributed by atoms with Gasteiger partial charge in [-0.2, -0.15) is 5.26 Å². The van der Waals surface area contributed by atoms with Crippen molar-refractivity contribution in [2.24, 2.45) is 5.92 Å². The Morgan fingerprint density at radius 2 is 1.63 bits per heavy atom. The van der Waals surface area contributed by atoms with Crippen LogP contribution in [0.1, 0.15) is 36.8 Å². The molecule has 0 spiro atoms. The maximum Gasteiger partial charge on any atom is 0.0672 e. The van der Waals surface area contributed by atoms with Crippen LogP contribution in [-0.2, 0) is 12.8 Å². The van der Waals surface area contributed by atoms with Crippen molar-refractivity contribution in [3.63, 3.8) is 0 Å². The lowest BCUT2D eigenvalue weighted by molar-refractivity contribution is 0.132. The van der Waals surface area contributed by atoms with Gasteiger partial charge in [0.15, 0.2) is 0 Å². The second kappa shape index (κ2) is 5.75. The molecule has 1 saturated carbocycles. The lowest BCUT2D eigenvalue weighted by Gasteiger charge is -2.36. The fourth-order valence-electron chi connectivity index (χ4n) is 3.72. The molecule has 2 heteroatoms. The number of benzene rings is 1. The summed E-state index contributed by atoms with van der Waals surface area (Å²) in [7, 11) is 0. The van der Waals surface area contributed by atoms with Crippen molar-refractivity contribution in [1.29, 1.82) is 5.26 Å². The normalized spacial score (nSPS) is 28.2. The first kappa shape index (κ1) is 12.7. The monoisotopic (exact) mass is 254 g/mol. The molecule has 0 aromatic heterocycles. The minimum atomic E-state index is 0.259. The number of rotatable bonds is 1. The standard InChI is InChI=1S/C17H22N2/c18-13-16-7-3-4-8-17(16)19-11-9-14-5-1-2-6-15(14)10-12-19/h1-2,5-6,16-17H,3-4,7-12H2. The quantitative estimate of drug-likeness (QED) is 0.769. The first-order valence-corrected chi connectivity index (χ1v) is 7.59. The molecule has 2 nitrogen and oxygen atoms in total. The molecule has 2 atom stereocenters. The van der Waals surface area contributed by atoms with E-state index < -0.39 is 0 Å². The van der Waals surface area contributed by atoms with E-state index in [-0.39, 0.29) is 5.92 Å². The molecule has 1 heterocycles. The zero-order valence-electron chi connectivity index (χ0n) is 11.5. The minimum absolute atomic E-state index is 0.259. The highest BCUT2D eigenvalue weighted by Gasteiger charge is 2.30. The van der Waals surface area contributed by atoms with Crippen LogP contribution in [0.25, 0.3) is 0 Å². The first-order valence-electron chi connectivity index (χ1n) is 7.59. The minimum Gasteiger partial charge on any atom is -0.298 e. The Bertz CT molecular complexity index is 447. The first-order chi connectivity index (χ1) is 9.38. The molecule has 0 radical (unpaired) electrons. The van der Waals surface area contributed by atoms with E-state index in [4.69, 9.17) is 0 Å². The molecule has 3 rings (SSSR count). The molecular weight excluding hydrogens is 232 g/mol. The summed E-state index contributed by atoms with van der Waals surface area (Å²) in [5.41, 5.74) is 3.02. The van der Waals surface area contributed by atoms with E-state index in [1.54, 1.807) is 0 Å². The van der Waals surface area contributed by atoms with Crippen molar-refractivity contribution >= 4 is 0 Å². The molecule has 1 fully saturated rings. The fraction of sp³-hybridized carbons (Fsp3) is 0.588. The molecule has 2 unspecified atom stereocenters. The maximum atomic E-state index is 9.36. The van der Waals surface area contributed by atoms with Crippen LogP contribution < -0.4 is 0 Å². The van der Waals surface area contributed by atoms with Crippen LogP contribution >= 0.6 is 0 Å². The van der Waals surface area contributed by atoms with Gasteiger partial charge in [0.05, 0.1) is 12.0 Å². The number of hydrogen-bond acceptors (Lipinski definition) is 2. The summed E-state index contributed by atoms with van der Waals surface area (Å²) in [4.78, 5) is 2.59. The highest BCUT2D eigenvalue weighted by atomic mass is 15.2. The van der Waals surface area contributed by atoms with Crippen molar-refractivity contribution in [2.75, 3.05) is 13.1 Å². The molecule has 100 valence electrons. The van der Waals surface area contributed by atoms with Crippen molar-refractivity contribution in [2.45, 2.75) is 44.6 Å². The molecule has 1 aliphatic heterocycles. The van der Waals surface area contributed by atoms with Gasteiger partial charge in [-0.15, -0.1) is 0 Å². The topological polar surface area (TPSA) is 27.0 Å². The van der Waals surface area contributed by atoms with Gasteiger partial charge in [0.25, 0.3) is 0 Å². The predicted molar refractivity (Wildman–Crippen MR) is 76.8 cm³/mol. The Morgan fingerprint density at radius 3 is 2.26 bits per heavy atom. The molecule has 1 aromatic rings. The fourth-order valence-corrected chi connectivity index (χ4v) is 3.72. The Hall–Kier alpha value is -1.33. The zero-order chi connectivity index (χ0) is 13.1. The molecule has 0 N–H and O–H groups in total. The molecule has 2 aliphatic rings. The van der Waals surface area contributed by atoms with Crippen LogP contribution in [0, 0.1) is 17.2 Å². The molecule has 0 amide bonds. The van der Waals surface area contributed by atoms with Crippen LogP contribution in [0.3, 0.4) is 0 Å². The summed E-state index contributed by atoms with van der Waals surface area (Å²) in [5.74, 6) is 0.259. The third kappa shape index (κ3) is 2.67. The maximum absolute atomic E-state index is 9.36. The van der Waals surface area contributed by atoms with Gasteiger partial charge in [-0.3, -0.25) is 4.90 Å².